The number of hydrogen-bond donors (Lipinski definition) is 2. The third-order valence-electron chi connectivity index (χ3n) is 6.50. The minimum Gasteiger partial charge on any atom is -0.478 e. The number of benzene rings is 1. The van der Waals surface area contributed by atoms with Gasteiger partial charge in [0.05, 0.1) is 12.1 Å². The molecule has 0 bridgehead atoms. The summed E-state index contributed by atoms with van der Waals surface area (Å²) < 4.78 is 5.76. The van der Waals surface area contributed by atoms with Crippen molar-refractivity contribution in [3.8, 4) is 5.75 Å². The molecule has 1 atom stereocenters. The molecule has 1 saturated heterocycles. The predicted octanol–water partition coefficient (Wildman–Crippen LogP) is 3.08. The summed E-state index contributed by atoms with van der Waals surface area (Å²) in [5.41, 5.74) is 0.756. The fourth-order valence-electron chi connectivity index (χ4n) is 4.91. The number of fused-ring (bicyclic) bond motifs is 1. The summed E-state index contributed by atoms with van der Waals surface area (Å²) in [5.74, 6) is 0.260. The lowest BCUT2D eigenvalue weighted by Crippen LogP contribution is -2.58. The monoisotopic (exact) mass is 385 g/mol. The van der Waals surface area contributed by atoms with Gasteiger partial charge in [-0.05, 0) is 50.9 Å². The zero-order chi connectivity index (χ0) is 19.4. The number of likely N-dealkylation sites (tertiary alicyclic amines) is 1. The van der Waals surface area contributed by atoms with Crippen LogP contribution in [0.25, 0.3) is 0 Å². The van der Waals surface area contributed by atoms with E-state index in [-0.39, 0.29) is 23.8 Å². The van der Waals surface area contributed by atoms with Gasteiger partial charge in [-0.25, -0.2) is 0 Å². The molecule has 1 aliphatic carbocycles. The Kier molecular flexibility index (Phi) is 5.85. The van der Waals surface area contributed by atoms with E-state index in [9.17, 15) is 9.59 Å². The first-order chi connectivity index (χ1) is 13.7. The number of hydrogen-bond acceptors (Lipinski definition) is 4. The molecule has 2 aliphatic heterocycles. The molecule has 1 unspecified atom stereocenters. The van der Waals surface area contributed by atoms with Crippen molar-refractivity contribution in [1.29, 1.82) is 0 Å². The fraction of sp³-hybridized carbons (Fsp3) is 0.636. The molecule has 1 saturated carbocycles. The smallest absolute Gasteiger partial charge is 0.266 e. The number of nitrogens with one attached hydrogen (secondary N) is 2. The van der Waals surface area contributed by atoms with E-state index in [0.29, 0.717) is 18.0 Å². The van der Waals surface area contributed by atoms with Gasteiger partial charge < -0.3 is 15.4 Å². The average molecular weight is 386 g/mol. The van der Waals surface area contributed by atoms with Crippen LogP contribution in [0.4, 0.5) is 5.69 Å². The Morgan fingerprint density at radius 1 is 1.11 bits per heavy atom. The molecule has 0 aromatic heterocycles. The lowest BCUT2D eigenvalue weighted by Gasteiger charge is -2.48. The van der Waals surface area contributed by atoms with Gasteiger partial charge in [-0.1, -0.05) is 37.8 Å². The molecule has 152 valence electrons. The van der Waals surface area contributed by atoms with Crippen molar-refractivity contribution in [3.05, 3.63) is 24.3 Å². The van der Waals surface area contributed by atoms with Crippen LogP contribution in [0.2, 0.25) is 0 Å². The van der Waals surface area contributed by atoms with Crippen LogP contribution in [-0.4, -0.2) is 48.0 Å². The Balaban J connectivity index is 1.35. The topological polar surface area (TPSA) is 70.7 Å². The van der Waals surface area contributed by atoms with E-state index >= 15 is 0 Å². The second kappa shape index (κ2) is 8.52. The molecule has 2 heterocycles. The Morgan fingerprint density at radius 2 is 1.82 bits per heavy atom. The predicted molar refractivity (Wildman–Crippen MR) is 108 cm³/mol. The van der Waals surface area contributed by atoms with E-state index in [1.54, 1.807) is 6.07 Å². The summed E-state index contributed by atoms with van der Waals surface area (Å²) in [7, 11) is 0. The maximum Gasteiger partial charge on any atom is 0.266 e. The van der Waals surface area contributed by atoms with Crippen LogP contribution in [0.5, 0.6) is 5.75 Å². The van der Waals surface area contributed by atoms with Gasteiger partial charge in [0.1, 0.15) is 5.75 Å². The normalized spacial score (nSPS) is 24.6. The number of amides is 2. The van der Waals surface area contributed by atoms with Gasteiger partial charge in [-0.15, -0.1) is 0 Å². The van der Waals surface area contributed by atoms with Crippen LogP contribution < -0.4 is 15.4 Å². The first-order valence-corrected chi connectivity index (χ1v) is 10.7. The molecule has 2 fully saturated rings. The van der Waals surface area contributed by atoms with E-state index < -0.39 is 6.10 Å². The summed E-state index contributed by atoms with van der Waals surface area (Å²) in [6.45, 7) is 2.96. The van der Waals surface area contributed by atoms with Crippen LogP contribution in [0, 0.1) is 0 Å². The van der Waals surface area contributed by atoms with Crippen molar-refractivity contribution >= 4 is 17.5 Å². The third-order valence-corrected chi connectivity index (χ3v) is 6.50. The van der Waals surface area contributed by atoms with E-state index in [1.807, 2.05) is 18.2 Å². The first kappa shape index (κ1) is 19.2. The Morgan fingerprint density at radius 3 is 2.61 bits per heavy atom. The number of carbonyl (C=O) groups excluding carboxylic acids is 2. The summed E-state index contributed by atoms with van der Waals surface area (Å²) in [6.07, 6.45) is 9.17. The van der Waals surface area contributed by atoms with Crippen molar-refractivity contribution in [2.45, 2.75) is 69.4 Å². The number of anilines is 1. The molecule has 6 nitrogen and oxygen atoms in total. The SMILES string of the molecule is O=C(CC1Oc2ccccc2NC1=O)NCC1(N2CCCCC2)CCCCC1. The highest BCUT2D eigenvalue weighted by Gasteiger charge is 2.39. The largest absolute Gasteiger partial charge is 0.478 e. The van der Waals surface area contributed by atoms with Crippen molar-refractivity contribution in [1.82, 2.24) is 10.2 Å². The molecule has 3 aliphatic rings. The standard InChI is InChI=1S/C22H31N3O3/c26-20(15-19-21(27)24-17-9-3-4-10-18(17)28-19)23-16-22(11-5-1-6-12-22)25-13-7-2-8-14-25/h3-4,9-10,19H,1-2,5-8,11-16H2,(H,23,26)(H,24,27). The number of rotatable bonds is 5. The number of carbonyl (C=O) groups is 2. The second-order valence-electron chi connectivity index (χ2n) is 8.41. The average Bonchev–Trinajstić information content (AvgIpc) is 2.74. The molecule has 1 aromatic carbocycles. The third kappa shape index (κ3) is 4.17. The van der Waals surface area contributed by atoms with E-state index in [1.165, 1.54) is 38.5 Å². The number of para-hydroxylation sites is 2. The van der Waals surface area contributed by atoms with E-state index in [4.69, 9.17) is 4.74 Å². The molecule has 0 radical (unpaired) electrons. The van der Waals surface area contributed by atoms with Gasteiger partial charge in [0.15, 0.2) is 6.10 Å². The molecule has 1 aromatic rings. The minimum atomic E-state index is -0.771. The van der Waals surface area contributed by atoms with Crippen molar-refractivity contribution in [2.24, 2.45) is 0 Å². The molecule has 4 rings (SSSR count). The molecular formula is C22H31N3O3. The van der Waals surface area contributed by atoms with E-state index in [0.717, 1.165) is 25.9 Å². The van der Waals surface area contributed by atoms with Crippen molar-refractivity contribution < 1.29 is 14.3 Å². The number of piperidine rings is 1. The van der Waals surface area contributed by atoms with Gasteiger partial charge in [0, 0.05) is 12.1 Å². The highest BCUT2D eigenvalue weighted by Crippen LogP contribution is 2.35. The van der Waals surface area contributed by atoms with E-state index in [2.05, 4.69) is 15.5 Å². The summed E-state index contributed by atoms with van der Waals surface area (Å²) in [4.78, 5) is 27.6. The lowest BCUT2D eigenvalue weighted by molar-refractivity contribution is -0.131. The van der Waals surface area contributed by atoms with Gasteiger partial charge in [0.2, 0.25) is 5.91 Å². The first-order valence-electron chi connectivity index (χ1n) is 10.7. The maximum absolute atomic E-state index is 12.6. The maximum atomic E-state index is 12.6. The molecule has 28 heavy (non-hydrogen) atoms. The lowest BCUT2D eigenvalue weighted by atomic mass is 9.79. The highest BCUT2D eigenvalue weighted by molar-refractivity contribution is 5.99. The van der Waals surface area contributed by atoms with Gasteiger partial charge in [-0.3, -0.25) is 14.5 Å². The van der Waals surface area contributed by atoms with Crippen LogP contribution >= 0.6 is 0 Å². The summed E-state index contributed by atoms with van der Waals surface area (Å²) >= 11 is 0. The van der Waals surface area contributed by atoms with Crippen LogP contribution in [-0.2, 0) is 9.59 Å². The Hall–Kier alpha value is -2.08. The summed E-state index contributed by atoms with van der Waals surface area (Å²) in [6, 6.07) is 7.32. The zero-order valence-electron chi connectivity index (χ0n) is 16.5. The Labute approximate surface area is 167 Å². The fourth-order valence-corrected chi connectivity index (χ4v) is 4.91. The minimum absolute atomic E-state index is 0.0518. The van der Waals surface area contributed by atoms with Crippen LogP contribution in [0.3, 0.4) is 0 Å². The highest BCUT2D eigenvalue weighted by atomic mass is 16.5. The van der Waals surface area contributed by atoms with Crippen LogP contribution in [0.15, 0.2) is 24.3 Å². The van der Waals surface area contributed by atoms with Crippen molar-refractivity contribution in [3.63, 3.8) is 0 Å². The van der Waals surface area contributed by atoms with Gasteiger partial charge in [-0.2, -0.15) is 0 Å². The van der Waals surface area contributed by atoms with Gasteiger partial charge >= 0.3 is 0 Å². The van der Waals surface area contributed by atoms with Crippen LogP contribution in [0.1, 0.15) is 57.8 Å². The molecule has 2 amide bonds. The summed E-state index contributed by atoms with van der Waals surface area (Å²) in [5, 5.41) is 5.97. The molecule has 2 N–H and O–H groups in total. The molecule has 0 spiro atoms. The second-order valence-corrected chi connectivity index (χ2v) is 8.41. The molecular weight excluding hydrogens is 354 g/mol. The van der Waals surface area contributed by atoms with Gasteiger partial charge in [0.25, 0.3) is 5.91 Å². The number of ether oxygens (including phenoxy) is 1. The number of nitrogens with zero attached hydrogens (tertiary/aromatic N) is 1. The quantitative estimate of drug-likeness (QED) is 0.817. The Bertz CT molecular complexity index is 709. The molecule has 6 heteroatoms. The van der Waals surface area contributed by atoms with Crippen molar-refractivity contribution in [2.75, 3.05) is 25.0 Å². The zero-order valence-corrected chi connectivity index (χ0v) is 16.5.